The fourth-order valence-electron chi connectivity index (χ4n) is 3.90. The third-order valence-corrected chi connectivity index (χ3v) is 5.65. The molecule has 0 saturated carbocycles. The van der Waals surface area contributed by atoms with Crippen LogP contribution >= 0.6 is 0 Å². The maximum absolute atomic E-state index is 12.7. The molecule has 0 spiro atoms. The molecule has 0 aromatic heterocycles. The van der Waals surface area contributed by atoms with Crippen molar-refractivity contribution in [3.8, 4) is 11.5 Å². The molecule has 0 fully saturated rings. The largest absolute Gasteiger partial charge is 0.508 e. The highest BCUT2D eigenvalue weighted by Gasteiger charge is 2.30. The Labute approximate surface area is 214 Å². The van der Waals surface area contributed by atoms with Gasteiger partial charge >= 0.3 is 12.1 Å². The zero-order valence-corrected chi connectivity index (χ0v) is 19.5. The van der Waals surface area contributed by atoms with E-state index in [0.29, 0.717) is 21.7 Å². The highest BCUT2D eigenvalue weighted by molar-refractivity contribution is 6.13. The highest BCUT2D eigenvalue weighted by atomic mass is 19.4. The molecule has 5 rings (SSSR count). The van der Waals surface area contributed by atoms with Crippen LogP contribution in [0.2, 0.25) is 0 Å². The number of amides is 1. The smallest absolute Gasteiger partial charge is 0.416 e. The van der Waals surface area contributed by atoms with Crippen molar-refractivity contribution in [1.29, 1.82) is 0 Å². The van der Waals surface area contributed by atoms with Crippen LogP contribution in [0.15, 0.2) is 97.1 Å². The van der Waals surface area contributed by atoms with Crippen LogP contribution in [0.4, 0.5) is 18.9 Å². The second-order valence-electron chi connectivity index (χ2n) is 8.26. The Morgan fingerprint density at radius 2 is 1.18 bits per heavy atom. The Morgan fingerprint density at radius 3 is 1.74 bits per heavy atom. The normalized spacial score (nSPS) is 11.0. The van der Waals surface area contributed by atoms with Gasteiger partial charge in [0, 0.05) is 11.3 Å². The summed E-state index contributed by atoms with van der Waals surface area (Å²) < 4.78 is 38.2. The number of phenols is 2. The number of fused-ring (bicyclic) bond motifs is 2. The molecule has 0 aliphatic carbocycles. The van der Waals surface area contributed by atoms with Crippen molar-refractivity contribution >= 4 is 39.1 Å². The maximum Gasteiger partial charge on any atom is 0.416 e. The lowest BCUT2D eigenvalue weighted by atomic mass is 10.0. The fourth-order valence-corrected chi connectivity index (χ4v) is 3.90. The van der Waals surface area contributed by atoms with E-state index in [1.54, 1.807) is 54.6 Å². The van der Waals surface area contributed by atoms with Gasteiger partial charge in [-0.2, -0.15) is 13.2 Å². The van der Waals surface area contributed by atoms with Crippen LogP contribution in [0.5, 0.6) is 11.5 Å². The van der Waals surface area contributed by atoms with Crippen LogP contribution < -0.4 is 5.32 Å². The summed E-state index contributed by atoms with van der Waals surface area (Å²) in [6.07, 6.45) is -4.47. The van der Waals surface area contributed by atoms with Crippen molar-refractivity contribution < 1.29 is 38.1 Å². The third-order valence-electron chi connectivity index (χ3n) is 5.65. The van der Waals surface area contributed by atoms with Crippen LogP contribution in [0.3, 0.4) is 0 Å². The summed E-state index contributed by atoms with van der Waals surface area (Å²) >= 11 is 0. The molecule has 0 radical (unpaired) electrons. The van der Waals surface area contributed by atoms with Gasteiger partial charge in [-0.3, -0.25) is 4.79 Å². The predicted octanol–water partition coefficient (Wildman–Crippen LogP) is 7.06. The number of carbonyl (C=O) groups excluding carboxylic acids is 1. The molecular formula is C29H20F3NO5. The predicted molar refractivity (Wildman–Crippen MR) is 138 cm³/mol. The second-order valence-corrected chi connectivity index (χ2v) is 8.26. The summed E-state index contributed by atoms with van der Waals surface area (Å²) in [7, 11) is 0. The first-order valence-electron chi connectivity index (χ1n) is 11.2. The molecule has 192 valence electrons. The van der Waals surface area contributed by atoms with E-state index in [0.717, 1.165) is 17.5 Å². The summed E-state index contributed by atoms with van der Waals surface area (Å²) in [5, 5.41) is 32.7. The van der Waals surface area contributed by atoms with E-state index in [9.17, 15) is 33.0 Å². The van der Waals surface area contributed by atoms with Crippen molar-refractivity contribution in [2.24, 2.45) is 0 Å². The summed E-state index contributed by atoms with van der Waals surface area (Å²) in [6, 6.07) is 23.5. The van der Waals surface area contributed by atoms with Gasteiger partial charge in [0.2, 0.25) is 0 Å². The average Bonchev–Trinajstić information content (AvgIpc) is 2.87. The number of aromatic carboxylic acids is 1. The molecule has 38 heavy (non-hydrogen) atoms. The number of phenolic OH excluding ortho intramolecular Hbond substituents is 2. The van der Waals surface area contributed by atoms with Crippen molar-refractivity contribution in [3.05, 3.63) is 114 Å². The van der Waals surface area contributed by atoms with E-state index in [1.165, 1.54) is 30.3 Å². The zero-order chi connectivity index (χ0) is 27.4. The molecule has 0 atom stereocenters. The molecule has 6 nitrogen and oxygen atoms in total. The average molecular weight is 519 g/mol. The van der Waals surface area contributed by atoms with Crippen molar-refractivity contribution in [2.45, 2.75) is 6.18 Å². The minimum Gasteiger partial charge on any atom is -0.508 e. The lowest BCUT2D eigenvalue weighted by Gasteiger charge is -2.11. The molecule has 0 aliphatic rings. The molecule has 4 N–H and O–H groups in total. The Kier molecular flexibility index (Phi) is 7.20. The third kappa shape index (κ3) is 5.84. The lowest BCUT2D eigenvalue weighted by Crippen LogP contribution is -2.13. The number of halogens is 3. The highest BCUT2D eigenvalue weighted by Crippen LogP contribution is 2.31. The number of nitrogens with one attached hydrogen (secondary N) is 1. The first kappa shape index (κ1) is 26.0. The first-order chi connectivity index (χ1) is 18.0. The molecule has 5 aromatic rings. The number of hydrogen-bond donors (Lipinski definition) is 4. The number of carboxylic acids is 1. The minimum atomic E-state index is -4.47. The monoisotopic (exact) mass is 519 g/mol. The van der Waals surface area contributed by atoms with Gasteiger partial charge in [0.25, 0.3) is 5.91 Å². The van der Waals surface area contributed by atoms with Gasteiger partial charge in [-0.25, -0.2) is 4.79 Å². The fraction of sp³-hybridized carbons (Fsp3) is 0.0345. The molecular weight excluding hydrogens is 499 g/mol. The lowest BCUT2D eigenvalue weighted by molar-refractivity contribution is -0.137. The zero-order valence-electron chi connectivity index (χ0n) is 19.5. The van der Waals surface area contributed by atoms with Crippen LogP contribution in [0.1, 0.15) is 26.3 Å². The van der Waals surface area contributed by atoms with Gasteiger partial charge in [-0.15, -0.1) is 0 Å². The van der Waals surface area contributed by atoms with Gasteiger partial charge in [-0.1, -0.05) is 30.3 Å². The van der Waals surface area contributed by atoms with Gasteiger partial charge in [-0.05, 0) is 88.3 Å². The van der Waals surface area contributed by atoms with Crippen molar-refractivity contribution in [3.63, 3.8) is 0 Å². The van der Waals surface area contributed by atoms with Crippen LogP contribution in [0.25, 0.3) is 21.5 Å². The van der Waals surface area contributed by atoms with Crippen LogP contribution in [-0.4, -0.2) is 27.2 Å². The molecule has 0 bridgehead atoms. The van der Waals surface area contributed by atoms with E-state index in [4.69, 9.17) is 5.11 Å². The van der Waals surface area contributed by atoms with Gasteiger partial charge in [0.1, 0.15) is 11.5 Å². The molecule has 0 unspecified atom stereocenters. The molecule has 9 heteroatoms. The van der Waals surface area contributed by atoms with Crippen LogP contribution in [-0.2, 0) is 6.18 Å². The Bertz CT molecular complexity index is 1660. The summed E-state index contributed by atoms with van der Waals surface area (Å²) in [6.45, 7) is 0. The van der Waals surface area contributed by atoms with E-state index in [1.807, 2.05) is 0 Å². The number of aromatic hydroxyl groups is 2. The van der Waals surface area contributed by atoms with Crippen molar-refractivity contribution in [2.75, 3.05) is 5.32 Å². The van der Waals surface area contributed by atoms with Crippen molar-refractivity contribution in [1.82, 2.24) is 0 Å². The maximum atomic E-state index is 12.7. The van der Waals surface area contributed by atoms with Crippen LogP contribution in [0, 0.1) is 0 Å². The summed E-state index contributed by atoms with van der Waals surface area (Å²) in [4.78, 5) is 23.3. The number of benzene rings is 5. The minimum absolute atomic E-state index is 0.0607. The van der Waals surface area contributed by atoms with Gasteiger partial charge in [0.05, 0.1) is 11.1 Å². The number of alkyl halides is 3. The van der Waals surface area contributed by atoms with E-state index >= 15 is 0 Å². The molecule has 0 saturated heterocycles. The number of carbonyl (C=O) groups is 2. The molecule has 1 amide bonds. The van der Waals surface area contributed by atoms with E-state index in [-0.39, 0.29) is 22.7 Å². The number of rotatable bonds is 3. The summed E-state index contributed by atoms with van der Waals surface area (Å²) in [5.74, 6) is -1.27. The quantitative estimate of drug-likeness (QED) is 0.204. The summed E-state index contributed by atoms with van der Waals surface area (Å²) in [5.41, 5.74) is -0.207. The van der Waals surface area contributed by atoms with Gasteiger partial charge < -0.3 is 20.6 Å². The first-order valence-corrected chi connectivity index (χ1v) is 11.2. The Hall–Kier alpha value is -5.05. The number of carboxylic acid groups (broad SMARTS) is 1. The molecule has 0 heterocycles. The van der Waals surface area contributed by atoms with E-state index in [2.05, 4.69) is 5.32 Å². The number of hydrogen-bond acceptors (Lipinski definition) is 4. The van der Waals surface area contributed by atoms with E-state index < -0.39 is 23.6 Å². The molecule has 5 aromatic carbocycles. The van der Waals surface area contributed by atoms with Gasteiger partial charge in [0.15, 0.2) is 0 Å². The molecule has 0 aliphatic heterocycles. The Morgan fingerprint density at radius 1 is 0.658 bits per heavy atom. The number of anilines is 1. The second kappa shape index (κ2) is 10.5. The SMILES string of the molecule is O=C(Nc1cccc(C(F)(F)F)c1)c1cccc2cc(O)ccc12.O=C(O)c1cccc2cc(O)ccc12. The Balaban J connectivity index is 0.000000204. The standard InChI is InChI=1S/C18H12F3NO2.C11H8O3/c19-18(20,21)12-4-2-5-13(10-12)22-17(24)16-6-1-3-11-9-14(23)7-8-15(11)16;12-8-4-5-9-7(6-8)2-1-3-10(9)11(13)14/h1-10,23H,(H,22,24);1-6,12H,(H,13,14). The topological polar surface area (TPSA) is 107 Å².